The number of fused-ring (bicyclic) bond motifs is 4. The average Bonchev–Trinajstić information content (AvgIpc) is 3.08. The number of phenolic OH excluding ortho intramolecular Hbond substituents is 3. The lowest BCUT2D eigenvalue weighted by Crippen LogP contribution is -2.55. The molecule has 0 amide bonds. The SMILES string of the molecule is O=c1cc(-c2cc(O)cc(O)c2)oc2cc3c(c(O)c12)C1OC(CO)C(O)C(O)C1O3. The van der Waals surface area contributed by atoms with Crippen LogP contribution in [-0.4, -0.2) is 61.7 Å². The van der Waals surface area contributed by atoms with E-state index in [2.05, 4.69) is 0 Å². The van der Waals surface area contributed by atoms with Crippen molar-refractivity contribution >= 4 is 11.0 Å². The van der Waals surface area contributed by atoms with Gasteiger partial charge in [-0.2, -0.15) is 0 Å². The molecule has 0 radical (unpaired) electrons. The van der Waals surface area contributed by atoms with Gasteiger partial charge in [0, 0.05) is 23.8 Å². The van der Waals surface area contributed by atoms with E-state index in [0.717, 1.165) is 12.1 Å². The topological polar surface area (TPSA) is 170 Å². The van der Waals surface area contributed by atoms with Crippen molar-refractivity contribution < 1.29 is 44.5 Å². The summed E-state index contributed by atoms with van der Waals surface area (Å²) < 4.78 is 17.0. The fourth-order valence-corrected chi connectivity index (χ4v) is 4.15. The first kappa shape index (κ1) is 19.6. The molecule has 0 aliphatic carbocycles. The summed E-state index contributed by atoms with van der Waals surface area (Å²) in [6.45, 7) is -0.562. The molecule has 5 atom stereocenters. The molecule has 10 nitrogen and oxygen atoms in total. The fourth-order valence-electron chi connectivity index (χ4n) is 4.15. The van der Waals surface area contributed by atoms with Crippen LogP contribution in [0.3, 0.4) is 0 Å². The van der Waals surface area contributed by atoms with Crippen LogP contribution >= 0.6 is 0 Å². The lowest BCUT2D eigenvalue weighted by Gasteiger charge is -2.38. The van der Waals surface area contributed by atoms with Crippen molar-refractivity contribution in [2.75, 3.05) is 6.61 Å². The second-order valence-electron chi connectivity index (χ2n) is 7.56. The van der Waals surface area contributed by atoms with Crippen molar-refractivity contribution in [2.45, 2.75) is 30.5 Å². The first-order valence-corrected chi connectivity index (χ1v) is 9.44. The summed E-state index contributed by atoms with van der Waals surface area (Å²) in [7, 11) is 0. The Hall–Kier alpha value is -3.31. The first-order valence-electron chi connectivity index (χ1n) is 9.44. The molecule has 1 fully saturated rings. The Morgan fingerprint density at radius 3 is 2.32 bits per heavy atom. The molecule has 2 aliphatic heterocycles. The summed E-state index contributed by atoms with van der Waals surface area (Å²) in [6, 6.07) is 6.17. The summed E-state index contributed by atoms with van der Waals surface area (Å²) in [6.07, 6.45) is -5.98. The summed E-state index contributed by atoms with van der Waals surface area (Å²) >= 11 is 0. The lowest BCUT2D eigenvalue weighted by atomic mass is 9.92. The maximum absolute atomic E-state index is 12.8. The fraction of sp³-hybridized carbons (Fsp3) is 0.286. The Balaban J connectivity index is 1.67. The summed E-state index contributed by atoms with van der Waals surface area (Å²) in [4.78, 5) is 12.8. The molecule has 162 valence electrons. The predicted octanol–water partition coefficient (Wildman–Crippen LogP) is 0.492. The Bertz CT molecular complexity index is 1230. The van der Waals surface area contributed by atoms with Crippen LogP contribution in [0.15, 0.2) is 39.5 Å². The lowest BCUT2D eigenvalue weighted by molar-refractivity contribution is -0.215. The van der Waals surface area contributed by atoms with Gasteiger partial charge in [-0.25, -0.2) is 0 Å². The van der Waals surface area contributed by atoms with Gasteiger partial charge in [0.05, 0.1) is 12.2 Å². The number of aliphatic hydroxyl groups excluding tert-OH is 3. The Kier molecular flexibility index (Phi) is 4.34. The van der Waals surface area contributed by atoms with Gasteiger partial charge in [0.2, 0.25) is 0 Å². The number of phenols is 3. The molecule has 3 heterocycles. The molecule has 0 bridgehead atoms. The van der Waals surface area contributed by atoms with E-state index >= 15 is 0 Å². The normalized spacial score (nSPS) is 27.0. The molecule has 0 saturated carbocycles. The number of benzene rings is 2. The zero-order valence-electron chi connectivity index (χ0n) is 15.8. The number of ether oxygens (including phenoxy) is 2. The Morgan fingerprint density at radius 2 is 1.65 bits per heavy atom. The van der Waals surface area contributed by atoms with Crippen molar-refractivity contribution in [3.63, 3.8) is 0 Å². The predicted molar refractivity (Wildman–Crippen MR) is 104 cm³/mol. The van der Waals surface area contributed by atoms with Gasteiger partial charge in [-0.3, -0.25) is 4.79 Å². The highest BCUT2D eigenvalue weighted by molar-refractivity contribution is 5.88. The van der Waals surface area contributed by atoms with Gasteiger partial charge in [0.1, 0.15) is 64.1 Å². The third kappa shape index (κ3) is 2.92. The van der Waals surface area contributed by atoms with Gasteiger partial charge >= 0.3 is 0 Å². The summed E-state index contributed by atoms with van der Waals surface area (Å²) in [5, 5.41) is 60.0. The number of hydrogen-bond acceptors (Lipinski definition) is 10. The quantitative estimate of drug-likeness (QED) is 0.336. The second kappa shape index (κ2) is 6.86. The molecule has 0 spiro atoms. The number of rotatable bonds is 2. The highest BCUT2D eigenvalue weighted by Gasteiger charge is 2.52. The molecule has 5 rings (SSSR count). The van der Waals surface area contributed by atoms with Crippen molar-refractivity contribution in [1.82, 2.24) is 0 Å². The molecule has 2 aliphatic rings. The zero-order valence-corrected chi connectivity index (χ0v) is 15.8. The molecular formula is C21H18O10. The van der Waals surface area contributed by atoms with E-state index < -0.39 is 48.3 Å². The van der Waals surface area contributed by atoms with Gasteiger partial charge in [0.15, 0.2) is 11.5 Å². The van der Waals surface area contributed by atoms with Gasteiger partial charge in [-0.1, -0.05) is 0 Å². The highest BCUT2D eigenvalue weighted by atomic mass is 16.6. The molecule has 31 heavy (non-hydrogen) atoms. The third-order valence-electron chi connectivity index (χ3n) is 5.60. The summed E-state index contributed by atoms with van der Waals surface area (Å²) in [5.74, 6) is -0.802. The smallest absolute Gasteiger partial charge is 0.197 e. The van der Waals surface area contributed by atoms with Crippen LogP contribution in [0.25, 0.3) is 22.3 Å². The minimum Gasteiger partial charge on any atom is -0.508 e. The van der Waals surface area contributed by atoms with E-state index in [1.807, 2.05) is 0 Å². The first-order chi connectivity index (χ1) is 14.8. The van der Waals surface area contributed by atoms with Crippen LogP contribution in [0.2, 0.25) is 0 Å². The molecular weight excluding hydrogens is 412 g/mol. The Morgan fingerprint density at radius 1 is 0.935 bits per heavy atom. The van der Waals surface area contributed by atoms with Crippen LogP contribution in [0, 0.1) is 0 Å². The molecule has 2 aromatic carbocycles. The van der Waals surface area contributed by atoms with Gasteiger partial charge in [-0.05, 0) is 12.1 Å². The minimum atomic E-state index is -1.40. The van der Waals surface area contributed by atoms with Crippen LogP contribution in [0.4, 0.5) is 0 Å². The standard InChI is InChI=1S/C21H18O10/c22-6-14-17(26)19(28)21-20(31-14)16-13(30-21)5-12-15(18(16)27)10(25)4-11(29-12)7-1-8(23)3-9(24)2-7/h1-5,14,17,19-24,26-28H,6H2. The number of aromatic hydroxyl groups is 3. The maximum atomic E-state index is 12.8. The minimum absolute atomic E-state index is 0.0329. The van der Waals surface area contributed by atoms with Crippen LogP contribution in [0.5, 0.6) is 23.0 Å². The monoisotopic (exact) mass is 430 g/mol. The number of hydrogen-bond donors (Lipinski definition) is 6. The highest BCUT2D eigenvalue weighted by Crippen LogP contribution is 2.50. The molecule has 1 saturated heterocycles. The molecule has 10 heteroatoms. The third-order valence-corrected chi connectivity index (χ3v) is 5.60. The molecule has 3 aromatic rings. The van der Waals surface area contributed by atoms with E-state index in [-0.39, 0.29) is 45.1 Å². The van der Waals surface area contributed by atoms with Crippen molar-refractivity contribution in [2.24, 2.45) is 0 Å². The maximum Gasteiger partial charge on any atom is 0.197 e. The van der Waals surface area contributed by atoms with E-state index in [0.29, 0.717) is 0 Å². The van der Waals surface area contributed by atoms with Gasteiger partial charge < -0.3 is 44.5 Å². The molecule has 1 aromatic heterocycles. The van der Waals surface area contributed by atoms with Crippen molar-refractivity contribution in [3.05, 3.63) is 46.1 Å². The molecule has 6 N–H and O–H groups in total. The van der Waals surface area contributed by atoms with Gasteiger partial charge in [-0.15, -0.1) is 0 Å². The molecule has 5 unspecified atom stereocenters. The van der Waals surface area contributed by atoms with Crippen LogP contribution in [-0.2, 0) is 4.74 Å². The van der Waals surface area contributed by atoms with E-state index in [9.17, 15) is 35.4 Å². The Labute approximate surface area is 173 Å². The number of aliphatic hydroxyl groups is 3. The van der Waals surface area contributed by atoms with E-state index in [4.69, 9.17) is 13.9 Å². The van der Waals surface area contributed by atoms with Crippen LogP contribution in [0.1, 0.15) is 11.7 Å². The van der Waals surface area contributed by atoms with E-state index in [1.165, 1.54) is 18.2 Å². The second-order valence-corrected chi connectivity index (χ2v) is 7.56. The van der Waals surface area contributed by atoms with E-state index in [1.54, 1.807) is 0 Å². The largest absolute Gasteiger partial charge is 0.508 e. The van der Waals surface area contributed by atoms with Crippen molar-refractivity contribution in [3.8, 4) is 34.3 Å². The zero-order chi connectivity index (χ0) is 22.0. The summed E-state index contributed by atoms with van der Waals surface area (Å²) in [5.41, 5.74) is -0.289. The van der Waals surface area contributed by atoms with Gasteiger partial charge in [0.25, 0.3) is 0 Å². The van der Waals surface area contributed by atoms with Crippen molar-refractivity contribution in [1.29, 1.82) is 0 Å². The average molecular weight is 430 g/mol. The van der Waals surface area contributed by atoms with Crippen LogP contribution < -0.4 is 10.2 Å².